The molecule has 1 rings (SSSR count). The van der Waals surface area contributed by atoms with Crippen molar-refractivity contribution in [1.29, 1.82) is 0 Å². The molecule has 1 N–H and O–H groups in total. The third-order valence-corrected chi connectivity index (χ3v) is 2.68. The van der Waals surface area contributed by atoms with E-state index in [0.717, 1.165) is 12.8 Å². The minimum Gasteiger partial charge on any atom is -0.393 e. The van der Waals surface area contributed by atoms with Gasteiger partial charge in [0.2, 0.25) is 0 Å². The lowest BCUT2D eigenvalue weighted by Gasteiger charge is -2.35. The van der Waals surface area contributed by atoms with Gasteiger partial charge in [-0.05, 0) is 30.8 Å². The number of hydrogen-bond acceptors (Lipinski definition) is 1. The second-order valence-electron chi connectivity index (χ2n) is 4.34. The van der Waals surface area contributed by atoms with Crippen LogP contribution in [0.15, 0.2) is 23.8 Å². The Kier molecular flexibility index (Phi) is 2.43. The molecule has 1 atom stereocenters. The van der Waals surface area contributed by atoms with Crippen LogP contribution in [-0.2, 0) is 0 Å². The van der Waals surface area contributed by atoms with Crippen LogP contribution in [0.1, 0.15) is 33.6 Å². The predicted octanol–water partition coefficient (Wildman–Crippen LogP) is 2.67. The lowest BCUT2D eigenvalue weighted by molar-refractivity contribution is 0.116. The van der Waals surface area contributed by atoms with Crippen molar-refractivity contribution in [2.75, 3.05) is 0 Å². The van der Waals surface area contributed by atoms with E-state index in [-0.39, 0.29) is 11.5 Å². The summed E-state index contributed by atoms with van der Waals surface area (Å²) in [5.41, 5.74) is 2.70. The highest BCUT2D eigenvalue weighted by molar-refractivity contribution is 5.32. The Bertz CT molecular complexity index is 223. The SMILES string of the molecule is C=CC1=C(C)C[C@@H](O)CC1(C)C. The van der Waals surface area contributed by atoms with Gasteiger partial charge >= 0.3 is 0 Å². The van der Waals surface area contributed by atoms with Gasteiger partial charge in [0.15, 0.2) is 0 Å². The van der Waals surface area contributed by atoms with Crippen molar-refractivity contribution in [3.8, 4) is 0 Å². The number of aliphatic hydroxyl groups is 1. The van der Waals surface area contributed by atoms with E-state index in [2.05, 4.69) is 27.4 Å². The van der Waals surface area contributed by atoms with Crippen molar-refractivity contribution in [2.24, 2.45) is 5.41 Å². The van der Waals surface area contributed by atoms with Gasteiger partial charge in [-0.25, -0.2) is 0 Å². The van der Waals surface area contributed by atoms with Crippen LogP contribution < -0.4 is 0 Å². The van der Waals surface area contributed by atoms with Crippen LogP contribution in [0.5, 0.6) is 0 Å². The van der Waals surface area contributed by atoms with E-state index in [1.165, 1.54) is 11.1 Å². The quantitative estimate of drug-likeness (QED) is 0.635. The van der Waals surface area contributed by atoms with Crippen molar-refractivity contribution in [1.82, 2.24) is 0 Å². The maximum atomic E-state index is 9.56. The van der Waals surface area contributed by atoms with Crippen LogP contribution in [0, 0.1) is 5.41 Å². The summed E-state index contributed by atoms with van der Waals surface area (Å²) in [6.07, 6.45) is 3.43. The molecule has 0 aromatic heterocycles. The van der Waals surface area contributed by atoms with Crippen LogP contribution in [0.4, 0.5) is 0 Å². The van der Waals surface area contributed by atoms with E-state index in [4.69, 9.17) is 0 Å². The van der Waals surface area contributed by atoms with Gasteiger partial charge in [0.1, 0.15) is 0 Å². The zero-order valence-electron chi connectivity index (χ0n) is 8.22. The molecule has 0 saturated carbocycles. The van der Waals surface area contributed by atoms with Crippen LogP contribution in [0.2, 0.25) is 0 Å². The first-order valence-electron chi connectivity index (χ1n) is 4.48. The average Bonchev–Trinajstić information content (AvgIpc) is 1.82. The largest absolute Gasteiger partial charge is 0.393 e. The van der Waals surface area contributed by atoms with Crippen LogP contribution in [-0.4, -0.2) is 11.2 Å². The molecular weight excluding hydrogens is 148 g/mol. The van der Waals surface area contributed by atoms with E-state index < -0.39 is 0 Å². The highest BCUT2D eigenvalue weighted by Crippen LogP contribution is 2.40. The molecule has 0 saturated heterocycles. The van der Waals surface area contributed by atoms with Crippen molar-refractivity contribution >= 4 is 0 Å². The average molecular weight is 166 g/mol. The summed E-state index contributed by atoms with van der Waals surface area (Å²) in [6, 6.07) is 0. The molecule has 0 fully saturated rings. The Balaban J connectivity index is 3.03. The van der Waals surface area contributed by atoms with Crippen molar-refractivity contribution in [3.63, 3.8) is 0 Å². The van der Waals surface area contributed by atoms with Crippen LogP contribution >= 0.6 is 0 Å². The second-order valence-corrected chi connectivity index (χ2v) is 4.34. The lowest BCUT2D eigenvalue weighted by Crippen LogP contribution is -2.28. The fourth-order valence-corrected chi connectivity index (χ4v) is 2.26. The van der Waals surface area contributed by atoms with Crippen molar-refractivity contribution in [3.05, 3.63) is 23.8 Å². The fraction of sp³-hybridized carbons (Fsp3) is 0.636. The number of rotatable bonds is 1. The Morgan fingerprint density at radius 3 is 2.58 bits per heavy atom. The Morgan fingerprint density at radius 2 is 2.17 bits per heavy atom. The van der Waals surface area contributed by atoms with Crippen LogP contribution in [0.3, 0.4) is 0 Å². The molecule has 0 radical (unpaired) electrons. The minimum atomic E-state index is -0.163. The summed E-state index contributed by atoms with van der Waals surface area (Å²) in [4.78, 5) is 0. The Hall–Kier alpha value is -0.560. The Labute approximate surface area is 74.8 Å². The van der Waals surface area contributed by atoms with Gasteiger partial charge in [-0.15, -0.1) is 0 Å². The maximum Gasteiger partial charge on any atom is 0.0585 e. The van der Waals surface area contributed by atoms with E-state index in [9.17, 15) is 5.11 Å². The standard InChI is InChI=1S/C11H18O/c1-5-10-8(2)6-9(12)7-11(10,3)4/h5,9,12H,1,6-7H2,2-4H3/t9-/m1/s1. The van der Waals surface area contributed by atoms with Gasteiger partial charge in [0, 0.05) is 0 Å². The molecule has 0 aromatic carbocycles. The molecule has 0 amide bonds. The van der Waals surface area contributed by atoms with Gasteiger partial charge < -0.3 is 5.11 Å². The van der Waals surface area contributed by atoms with Crippen LogP contribution in [0.25, 0.3) is 0 Å². The molecule has 0 bridgehead atoms. The second kappa shape index (κ2) is 3.06. The molecule has 0 aromatic rings. The third kappa shape index (κ3) is 1.61. The molecule has 1 nitrogen and oxygen atoms in total. The van der Waals surface area contributed by atoms with Gasteiger partial charge in [0.25, 0.3) is 0 Å². The van der Waals surface area contributed by atoms with Gasteiger partial charge in [-0.3, -0.25) is 0 Å². The van der Waals surface area contributed by atoms with Gasteiger partial charge in [-0.2, -0.15) is 0 Å². The predicted molar refractivity (Wildman–Crippen MR) is 51.9 cm³/mol. The highest BCUT2D eigenvalue weighted by Gasteiger charge is 2.30. The minimum absolute atomic E-state index is 0.101. The summed E-state index contributed by atoms with van der Waals surface area (Å²) in [7, 11) is 0. The first kappa shape index (κ1) is 9.53. The summed E-state index contributed by atoms with van der Waals surface area (Å²) in [5.74, 6) is 0. The third-order valence-electron chi connectivity index (χ3n) is 2.68. The topological polar surface area (TPSA) is 20.2 Å². The molecule has 1 aliphatic rings. The summed E-state index contributed by atoms with van der Waals surface area (Å²) < 4.78 is 0. The normalized spacial score (nSPS) is 28.8. The molecule has 12 heavy (non-hydrogen) atoms. The maximum absolute atomic E-state index is 9.56. The van der Waals surface area contributed by atoms with Crippen molar-refractivity contribution < 1.29 is 5.11 Å². The molecule has 0 aliphatic heterocycles. The monoisotopic (exact) mass is 166 g/mol. The van der Waals surface area contributed by atoms with E-state index in [1.54, 1.807) is 0 Å². The summed E-state index contributed by atoms with van der Waals surface area (Å²) >= 11 is 0. The number of hydrogen-bond donors (Lipinski definition) is 1. The molecule has 1 heteroatoms. The zero-order chi connectivity index (χ0) is 9.35. The molecule has 0 heterocycles. The van der Waals surface area contributed by atoms with Gasteiger partial charge in [0.05, 0.1) is 6.10 Å². The number of aliphatic hydroxyl groups excluding tert-OH is 1. The van der Waals surface area contributed by atoms with E-state index in [1.807, 2.05) is 6.08 Å². The molecule has 0 unspecified atom stereocenters. The highest BCUT2D eigenvalue weighted by atomic mass is 16.3. The molecular formula is C11H18O. The first-order chi connectivity index (χ1) is 5.47. The smallest absolute Gasteiger partial charge is 0.0585 e. The fourth-order valence-electron chi connectivity index (χ4n) is 2.26. The van der Waals surface area contributed by atoms with Gasteiger partial charge in [-0.1, -0.05) is 32.1 Å². The van der Waals surface area contributed by atoms with E-state index in [0.29, 0.717) is 0 Å². The van der Waals surface area contributed by atoms with E-state index >= 15 is 0 Å². The summed E-state index contributed by atoms with van der Waals surface area (Å²) in [6.45, 7) is 10.2. The molecule has 68 valence electrons. The first-order valence-corrected chi connectivity index (χ1v) is 4.48. The number of allylic oxidation sites excluding steroid dienone is 2. The zero-order valence-corrected chi connectivity index (χ0v) is 8.22. The van der Waals surface area contributed by atoms with Crippen molar-refractivity contribution in [2.45, 2.75) is 39.7 Å². The molecule has 0 spiro atoms. The Morgan fingerprint density at radius 1 is 1.58 bits per heavy atom. The lowest BCUT2D eigenvalue weighted by atomic mass is 9.72. The molecule has 1 aliphatic carbocycles. The summed E-state index contributed by atoms with van der Waals surface area (Å²) in [5, 5.41) is 9.56.